The van der Waals surface area contributed by atoms with Gasteiger partial charge in [0.05, 0.1) is 11.3 Å². The SMILES string of the molecule is O=C(CSc1ccccc1C(=O)N[C@@H]1CCN(Cc2ccccc2)C1)Nc1ccc(F)cc1. The van der Waals surface area contributed by atoms with Gasteiger partial charge >= 0.3 is 0 Å². The summed E-state index contributed by atoms with van der Waals surface area (Å²) >= 11 is 1.31. The van der Waals surface area contributed by atoms with Gasteiger partial charge in [-0.1, -0.05) is 42.5 Å². The van der Waals surface area contributed by atoms with E-state index in [1.54, 1.807) is 6.07 Å². The van der Waals surface area contributed by atoms with Gasteiger partial charge < -0.3 is 10.6 Å². The molecule has 1 aliphatic heterocycles. The first kappa shape index (κ1) is 23.0. The number of nitrogens with zero attached hydrogens (tertiary/aromatic N) is 1. The fourth-order valence-electron chi connectivity index (χ4n) is 3.85. The molecule has 1 atom stereocenters. The summed E-state index contributed by atoms with van der Waals surface area (Å²) in [5.41, 5.74) is 2.37. The average molecular weight is 464 g/mol. The molecular weight excluding hydrogens is 437 g/mol. The van der Waals surface area contributed by atoms with E-state index in [-0.39, 0.29) is 29.4 Å². The topological polar surface area (TPSA) is 61.4 Å². The van der Waals surface area contributed by atoms with E-state index >= 15 is 0 Å². The molecule has 4 rings (SSSR count). The summed E-state index contributed by atoms with van der Waals surface area (Å²) < 4.78 is 13.0. The Balaban J connectivity index is 1.30. The predicted molar refractivity (Wildman–Crippen MR) is 130 cm³/mol. The molecule has 0 saturated carbocycles. The standard InChI is InChI=1S/C26H26FN3O2S/c27-20-10-12-21(13-11-20)28-25(31)18-33-24-9-5-4-8-23(24)26(32)29-22-14-15-30(17-22)16-19-6-2-1-3-7-19/h1-13,22H,14-18H2,(H,28,31)(H,29,32)/t22-/m1/s1. The van der Waals surface area contributed by atoms with Crippen LogP contribution in [0.25, 0.3) is 0 Å². The second-order valence-corrected chi connectivity index (χ2v) is 9.04. The largest absolute Gasteiger partial charge is 0.348 e. The van der Waals surface area contributed by atoms with E-state index in [1.807, 2.05) is 36.4 Å². The normalized spacial score (nSPS) is 15.8. The van der Waals surface area contributed by atoms with Gasteiger partial charge in [-0.2, -0.15) is 0 Å². The van der Waals surface area contributed by atoms with Gasteiger partial charge in [0, 0.05) is 36.3 Å². The number of thioether (sulfide) groups is 1. The van der Waals surface area contributed by atoms with Gasteiger partial charge in [0.15, 0.2) is 0 Å². The van der Waals surface area contributed by atoms with Crippen molar-refractivity contribution in [2.75, 3.05) is 24.2 Å². The zero-order valence-corrected chi connectivity index (χ0v) is 19.0. The molecule has 0 unspecified atom stereocenters. The maximum Gasteiger partial charge on any atom is 0.252 e. The number of nitrogens with one attached hydrogen (secondary N) is 2. The van der Waals surface area contributed by atoms with Gasteiger partial charge in [-0.25, -0.2) is 4.39 Å². The minimum atomic E-state index is -0.354. The second kappa shape index (κ2) is 11.1. The summed E-state index contributed by atoms with van der Waals surface area (Å²) in [5, 5.41) is 5.89. The molecule has 0 bridgehead atoms. The molecule has 5 nitrogen and oxygen atoms in total. The molecule has 0 radical (unpaired) electrons. The van der Waals surface area contributed by atoms with Crippen molar-refractivity contribution in [3.05, 3.63) is 95.8 Å². The Hall–Kier alpha value is -3.16. The van der Waals surface area contributed by atoms with Crippen LogP contribution in [0.5, 0.6) is 0 Å². The third-order valence-electron chi connectivity index (χ3n) is 5.48. The van der Waals surface area contributed by atoms with E-state index in [0.717, 1.165) is 31.0 Å². The minimum absolute atomic E-state index is 0.0982. The Bertz CT molecular complexity index is 1090. The van der Waals surface area contributed by atoms with E-state index < -0.39 is 0 Å². The number of carbonyl (C=O) groups is 2. The maximum atomic E-state index is 13.0. The van der Waals surface area contributed by atoms with Crippen molar-refractivity contribution < 1.29 is 14.0 Å². The molecule has 0 aromatic heterocycles. The Morgan fingerprint density at radius 2 is 1.70 bits per heavy atom. The molecule has 170 valence electrons. The highest BCUT2D eigenvalue weighted by atomic mass is 32.2. The molecule has 1 saturated heterocycles. The number of likely N-dealkylation sites (tertiary alicyclic amines) is 1. The third-order valence-corrected chi connectivity index (χ3v) is 6.55. The fraction of sp³-hybridized carbons (Fsp3) is 0.231. The molecule has 0 spiro atoms. The van der Waals surface area contributed by atoms with Crippen molar-refractivity contribution >= 4 is 29.3 Å². The molecule has 0 aliphatic carbocycles. The molecule has 1 heterocycles. The van der Waals surface area contributed by atoms with Crippen LogP contribution in [0.1, 0.15) is 22.3 Å². The average Bonchev–Trinajstić information content (AvgIpc) is 3.26. The number of anilines is 1. The smallest absolute Gasteiger partial charge is 0.252 e. The maximum absolute atomic E-state index is 13.0. The summed E-state index contributed by atoms with van der Waals surface area (Å²) in [7, 11) is 0. The van der Waals surface area contributed by atoms with Crippen LogP contribution in [0.3, 0.4) is 0 Å². The molecule has 7 heteroatoms. The van der Waals surface area contributed by atoms with E-state index in [9.17, 15) is 14.0 Å². The number of hydrogen-bond acceptors (Lipinski definition) is 4. The van der Waals surface area contributed by atoms with Gasteiger partial charge in [0.2, 0.25) is 5.91 Å². The highest BCUT2D eigenvalue weighted by molar-refractivity contribution is 8.00. The summed E-state index contributed by atoms with van der Waals surface area (Å²) in [5.74, 6) is -0.541. The third kappa shape index (κ3) is 6.66. The van der Waals surface area contributed by atoms with Crippen molar-refractivity contribution in [1.82, 2.24) is 10.2 Å². The highest BCUT2D eigenvalue weighted by Crippen LogP contribution is 2.24. The van der Waals surface area contributed by atoms with Gasteiger partial charge in [0.1, 0.15) is 5.82 Å². The van der Waals surface area contributed by atoms with Crippen LogP contribution in [0, 0.1) is 5.82 Å². The van der Waals surface area contributed by atoms with Crippen LogP contribution in [0.2, 0.25) is 0 Å². The Morgan fingerprint density at radius 3 is 2.48 bits per heavy atom. The fourth-order valence-corrected chi connectivity index (χ4v) is 4.70. The van der Waals surface area contributed by atoms with E-state index in [1.165, 1.54) is 41.6 Å². The van der Waals surface area contributed by atoms with Crippen LogP contribution in [-0.4, -0.2) is 41.6 Å². The zero-order chi connectivity index (χ0) is 23.0. The molecule has 1 aliphatic rings. The lowest BCUT2D eigenvalue weighted by atomic mass is 10.2. The number of halogens is 1. The van der Waals surface area contributed by atoms with Crippen LogP contribution < -0.4 is 10.6 Å². The van der Waals surface area contributed by atoms with Crippen molar-refractivity contribution in [3.63, 3.8) is 0 Å². The van der Waals surface area contributed by atoms with E-state index in [0.29, 0.717) is 11.3 Å². The first-order chi connectivity index (χ1) is 16.1. The van der Waals surface area contributed by atoms with Crippen molar-refractivity contribution in [1.29, 1.82) is 0 Å². The molecule has 1 fully saturated rings. The van der Waals surface area contributed by atoms with Gasteiger partial charge in [0.25, 0.3) is 5.91 Å². The summed E-state index contributed by atoms with van der Waals surface area (Å²) in [4.78, 5) is 28.4. The van der Waals surface area contributed by atoms with E-state index in [2.05, 4.69) is 27.7 Å². The Kier molecular flexibility index (Phi) is 7.75. The second-order valence-electron chi connectivity index (χ2n) is 8.02. The number of hydrogen-bond donors (Lipinski definition) is 2. The van der Waals surface area contributed by atoms with Crippen LogP contribution in [0.15, 0.2) is 83.8 Å². The molecule has 33 heavy (non-hydrogen) atoms. The first-order valence-electron chi connectivity index (χ1n) is 10.9. The number of amides is 2. The minimum Gasteiger partial charge on any atom is -0.348 e. The lowest BCUT2D eigenvalue weighted by Gasteiger charge is -2.17. The summed E-state index contributed by atoms with van der Waals surface area (Å²) in [6.07, 6.45) is 0.911. The molecular formula is C26H26FN3O2S. The quantitative estimate of drug-likeness (QED) is 0.481. The van der Waals surface area contributed by atoms with Crippen molar-refractivity contribution in [2.45, 2.75) is 23.9 Å². The van der Waals surface area contributed by atoms with Gasteiger partial charge in [-0.05, 0) is 48.4 Å². The summed E-state index contributed by atoms with van der Waals surface area (Å²) in [6.45, 7) is 2.64. The molecule has 2 N–H and O–H groups in total. The first-order valence-corrected chi connectivity index (χ1v) is 11.9. The zero-order valence-electron chi connectivity index (χ0n) is 18.2. The van der Waals surface area contributed by atoms with Crippen LogP contribution in [-0.2, 0) is 11.3 Å². The monoisotopic (exact) mass is 463 g/mol. The number of carbonyl (C=O) groups excluding carboxylic acids is 2. The summed E-state index contributed by atoms with van der Waals surface area (Å²) in [6, 6.07) is 23.4. The Morgan fingerprint density at radius 1 is 0.970 bits per heavy atom. The lowest BCUT2D eigenvalue weighted by Crippen LogP contribution is -2.37. The van der Waals surface area contributed by atoms with Crippen molar-refractivity contribution in [2.24, 2.45) is 0 Å². The van der Waals surface area contributed by atoms with Crippen LogP contribution in [0.4, 0.5) is 10.1 Å². The van der Waals surface area contributed by atoms with Crippen molar-refractivity contribution in [3.8, 4) is 0 Å². The lowest BCUT2D eigenvalue weighted by molar-refractivity contribution is -0.113. The number of benzene rings is 3. The number of rotatable bonds is 8. The Labute approximate surface area is 197 Å². The molecule has 2 amide bonds. The molecule has 3 aromatic carbocycles. The van der Waals surface area contributed by atoms with E-state index in [4.69, 9.17) is 0 Å². The van der Waals surface area contributed by atoms with Crippen LogP contribution >= 0.6 is 11.8 Å². The van der Waals surface area contributed by atoms with Gasteiger partial charge in [-0.15, -0.1) is 11.8 Å². The predicted octanol–water partition coefficient (Wildman–Crippen LogP) is 4.56. The van der Waals surface area contributed by atoms with Gasteiger partial charge in [-0.3, -0.25) is 14.5 Å². The molecule has 3 aromatic rings. The highest BCUT2D eigenvalue weighted by Gasteiger charge is 2.25.